The quantitative estimate of drug-likeness (QED) is 0.163. The molecule has 0 radical (unpaired) electrons. The highest BCUT2D eigenvalue weighted by atomic mass is 16.6. The molecule has 2 saturated heterocycles. The van der Waals surface area contributed by atoms with Crippen molar-refractivity contribution in [2.24, 2.45) is 5.11 Å². The summed E-state index contributed by atoms with van der Waals surface area (Å²) in [5, 5.41) is 3.34. The van der Waals surface area contributed by atoms with E-state index in [4.69, 9.17) is 43.4 Å². The Labute approximate surface area is 197 Å². The molecule has 2 aliphatic heterocycles. The molecule has 0 aromatic heterocycles. The molecular formula is C20H33N3O11. The number of nitrogens with zero attached hydrogens (tertiary/aromatic N) is 3. The number of azide groups is 1. The van der Waals surface area contributed by atoms with E-state index >= 15 is 0 Å². The van der Waals surface area contributed by atoms with E-state index in [2.05, 4.69) is 10.0 Å². The zero-order valence-electron chi connectivity index (χ0n) is 20.4. The van der Waals surface area contributed by atoms with Crippen molar-refractivity contribution in [3.8, 4) is 0 Å². The summed E-state index contributed by atoms with van der Waals surface area (Å²) in [6.07, 6.45) is -4.56. The number of esters is 3. The van der Waals surface area contributed by atoms with Gasteiger partial charge < -0.3 is 37.9 Å². The molecule has 8 atom stereocenters. The molecule has 0 spiro atoms. The second-order valence-corrected chi connectivity index (χ2v) is 7.44. The lowest BCUT2D eigenvalue weighted by Crippen LogP contribution is -2.56. The summed E-state index contributed by atoms with van der Waals surface area (Å²) in [5.74, 6) is -1.98. The van der Waals surface area contributed by atoms with Crippen LogP contribution in [0.25, 0.3) is 10.4 Å². The third-order valence-electron chi connectivity index (χ3n) is 5.01. The molecule has 2 fully saturated rings. The van der Waals surface area contributed by atoms with Crippen molar-refractivity contribution in [2.45, 2.75) is 76.7 Å². The van der Waals surface area contributed by atoms with Crippen LogP contribution in [0.2, 0.25) is 0 Å². The minimum absolute atomic E-state index is 0.0360. The molecule has 0 saturated carbocycles. The fourth-order valence-electron chi connectivity index (χ4n) is 3.60. The first-order valence-electron chi connectivity index (χ1n) is 10.5. The zero-order chi connectivity index (χ0) is 25.8. The van der Waals surface area contributed by atoms with Gasteiger partial charge in [0, 0.05) is 47.0 Å². The Balaban J connectivity index is 0.000000380. The Morgan fingerprint density at radius 1 is 0.765 bits per heavy atom. The van der Waals surface area contributed by atoms with Gasteiger partial charge in [-0.25, -0.2) is 0 Å². The molecule has 0 bridgehead atoms. The van der Waals surface area contributed by atoms with E-state index in [1.807, 2.05) is 6.92 Å². The van der Waals surface area contributed by atoms with Gasteiger partial charge in [0.1, 0.15) is 18.3 Å². The summed E-state index contributed by atoms with van der Waals surface area (Å²) in [5.41, 5.74) is 8.49. The van der Waals surface area contributed by atoms with E-state index in [-0.39, 0.29) is 31.0 Å². The Hall–Kier alpha value is -2.48. The average Bonchev–Trinajstić information content (AvgIpc) is 2.77. The standard InChI is InChI=1S/C11H15N3O7.C9H18O4/c1-5(15)19-8-4-18-11(13-14-12)10(21-7(3)17)9(8)20-6(2)16;1-6-8(11-3)9(12-4)7(10-2)5-13-6/h8-11H,4H2,1-3H3;6-9H,5H2,1-4H3/t8-,9+,10-,11-;6-,7+,8-,9-/m10/s1. The van der Waals surface area contributed by atoms with Crippen LogP contribution < -0.4 is 0 Å². The fourth-order valence-corrected chi connectivity index (χ4v) is 3.60. The van der Waals surface area contributed by atoms with Gasteiger partial charge in [0.25, 0.3) is 0 Å². The van der Waals surface area contributed by atoms with E-state index in [1.54, 1.807) is 21.3 Å². The lowest BCUT2D eigenvalue weighted by Gasteiger charge is -2.39. The monoisotopic (exact) mass is 491 g/mol. The fraction of sp³-hybridized carbons (Fsp3) is 0.850. The number of hydrogen-bond acceptors (Lipinski definition) is 12. The van der Waals surface area contributed by atoms with Crippen LogP contribution in [0, 0.1) is 0 Å². The summed E-state index contributed by atoms with van der Waals surface area (Å²) in [6.45, 7) is 5.83. The molecule has 34 heavy (non-hydrogen) atoms. The molecule has 0 aliphatic carbocycles. The first-order valence-corrected chi connectivity index (χ1v) is 10.5. The van der Waals surface area contributed by atoms with Crippen molar-refractivity contribution < 1.29 is 52.3 Å². The lowest BCUT2D eigenvalue weighted by molar-refractivity contribution is -0.224. The van der Waals surface area contributed by atoms with Crippen molar-refractivity contribution in [2.75, 3.05) is 34.5 Å². The topological polar surface area (TPSA) is 174 Å². The SMILES string of the molecule is CC(=O)O[C@@H]1[C@@H](OC(C)=O)[C@H](OC(C)=O)CO[C@H]1N=[N+]=[N-].CO[C@@H]1[C@@H](OC)[C@H](OC)CO[C@H]1C. The van der Waals surface area contributed by atoms with E-state index in [9.17, 15) is 14.4 Å². The predicted molar refractivity (Wildman–Crippen MR) is 113 cm³/mol. The Morgan fingerprint density at radius 2 is 1.29 bits per heavy atom. The van der Waals surface area contributed by atoms with Gasteiger partial charge in [0.2, 0.25) is 0 Å². The van der Waals surface area contributed by atoms with Gasteiger partial charge in [0.15, 0.2) is 24.5 Å². The largest absolute Gasteiger partial charge is 0.456 e. The molecule has 194 valence electrons. The van der Waals surface area contributed by atoms with Gasteiger partial charge >= 0.3 is 17.9 Å². The molecule has 14 nitrogen and oxygen atoms in total. The number of rotatable bonds is 7. The minimum Gasteiger partial charge on any atom is -0.456 e. The normalized spacial score (nSPS) is 32.8. The van der Waals surface area contributed by atoms with Crippen molar-refractivity contribution in [1.82, 2.24) is 0 Å². The van der Waals surface area contributed by atoms with Crippen LogP contribution in [0.3, 0.4) is 0 Å². The van der Waals surface area contributed by atoms with Gasteiger partial charge in [-0.1, -0.05) is 5.11 Å². The molecule has 14 heteroatoms. The van der Waals surface area contributed by atoms with Crippen molar-refractivity contribution in [3.05, 3.63) is 10.4 Å². The predicted octanol–water partition coefficient (Wildman–Crippen LogP) is 0.898. The summed E-state index contributed by atoms with van der Waals surface area (Å²) in [7, 11) is 4.98. The van der Waals surface area contributed by atoms with E-state index in [0.717, 1.165) is 13.8 Å². The molecule has 0 N–H and O–H groups in total. The maximum atomic E-state index is 11.2. The van der Waals surface area contributed by atoms with Crippen molar-refractivity contribution >= 4 is 17.9 Å². The van der Waals surface area contributed by atoms with Crippen molar-refractivity contribution in [3.63, 3.8) is 0 Å². The summed E-state index contributed by atoms with van der Waals surface area (Å²) in [6, 6.07) is 0. The molecule has 0 aromatic carbocycles. The molecule has 2 rings (SSSR count). The summed E-state index contributed by atoms with van der Waals surface area (Å²) < 4.78 is 41.6. The number of carbonyl (C=O) groups excluding carboxylic acids is 3. The average molecular weight is 491 g/mol. The highest BCUT2D eigenvalue weighted by molar-refractivity contribution is 5.68. The number of carbonyl (C=O) groups is 3. The molecule has 0 unspecified atom stereocenters. The highest BCUT2D eigenvalue weighted by Gasteiger charge is 2.46. The third-order valence-corrected chi connectivity index (χ3v) is 5.01. The number of hydrogen-bond donors (Lipinski definition) is 0. The maximum Gasteiger partial charge on any atom is 0.303 e. The van der Waals surface area contributed by atoms with E-state index in [0.29, 0.717) is 6.61 Å². The number of methoxy groups -OCH3 is 3. The smallest absolute Gasteiger partial charge is 0.303 e. The Kier molecular flexibility index (Phi) is 12.8. The first kappa shape index (κ1) is 29.6. The van der Waals surface area contributed by atoms with Crippen LogP contribution in [-0.4, -0.2) is 101 Å². The van der Waals surface area contributed by atoms with Gasteiger partial charge in [0.05, 0.1) is 19.3 Å². The van der Waals surface area contributed by atoms with Gasteiger partial charge in [-0.2, -0.15) is 0 Å². The highest BCUT2D eigenvalue weighted by Crippen LogP contribution is 2.25. The van der Waals surface area contributed by atoms with Crippen LogP contribution in [0.4, 0.5) is 0 Å². The maximum absolute atomic E-state index is 11.2. The molecular weight excluding hydrogens is 458 g/mol. The summed E-state index contributed by atoms with van der Waals surface area (Å²) in [4.78, 5) is 36.0. The lowest BCUT2D eigenvalue weighted by atomic mass is 10.0. The number of ether oxygens (including phenoxy) is 8. The minimum atomic E-state index is -1.21. The van der Waals surface area contributed by atoms with Crippen LogP contribution >= 0.6 is 0 Å². The molecule has 0 aromatic rings. The Bertz CT molecular complexity index is 731. The van der Waals surface area contributed by atoms with Crippen LogP contribution in [0.5, 0.6) is 0 Å². The zero-order valence-corrected chi connectivity index (χ0v) is 20.4. The molecule has 0 amide bonds. The molecule has 2 aliphatic rings. The van der Waals surface area contributed by atoms with Crippen LogP contribution in [0.1, 0.15) is 27.7 Å². The first-order chi connectivity index (χ1) is 16.1. The Morgan fingerprint density at radius 3 is 1.76 bits per heavy atom. The van der Waals surface area contributed by atoms with Crippen LogP contribution in [0.15, 0.2) is 5.11 Å². The van der Waals surface area contributed by atoms with E-state index < -0.39 is 42.4 Å². The molecule has 2 heterocycles. The van der Waals surface area contributed by atoms with Crippen molar-refractivity contribution in [1.29, 1.82) is 0 Å². The summed E-state index contributed by atoms with van der Waals surface area (Å²) >= 11 is 0. The van der Waals surface area contributed by atoms with Gasteiger partial charge in [-0.05, 0) is 12.5 Å². The van der Waals surface area contributed by atoms with Gasteiger partial charge in [-0.15, -0.1) is 0 Å². The second-order valence-electron chi connectivity index (χ2n) is 7.44. The second kappa shape index (κ2) is 14.7. The third kappa shape index (κ3) is 8.70. The van der Waals surface area contributed by atoms with Crippen LogP contribution in [-0.2, 0) is 52.3 Å². The van der Waals surface area contributed by atoms with E-state index in [1.165, 1.54) is 6.92 Å². The van der Waals surface area contributed by atoms with Gasteiger partial charge in [-0.3, -0.25) is 14.4 Å².